The molecule has 3 N–H and O–H groups in total. The van der Waals surface area contributed by atoms with Gasteiger partial charge in [-0.15, -0.1) is 0 Å². The number of nitrogens with two attached hydrogens (primary N) is 1. The summed E-state index contributed by atoms with van der Waals surface area (Å²) in [5.41, 5.74) is 5.21. The lowest BCUT2D eigenvalue weighted by Crippen LogP contribution is -2.55. The van der Waals surface area contributed by atoms with Crippen molar-refractivity contribution in [2.75, 3.05) is 26.8 Å². The van der Waals surface area contributed by atoms with Crippen molar-refractivity contribution in [3.63, 3.8) is 0 Å². The summed E-state index contributed by atoms with van der Waals surface area (Å²) < 4.78 is 11.4. The lowest BCUT2D eigenvalue weighted by molar-refractivity contribution is -0.173. The van der Waals surface area contributed by atoms with Gasteiger partial charge in [0.2, 0.25) is 5.91 Å². The lowest BCUT2D eigenvalue weighted by Gasteiger charge is -2.34. The van der Waals surface area contributed by atoms with Gasteiger partial charge in [0, 0.05) is 30.3 Å². The van der Waals surface area contributed by atoms with E-state index < -0.39 is 16.9 Å². The Balaban J connectivity index is 1.86. The third kappa shape index (κ3) is 6.57. The van der Waals surface area contributed by atoms with Gasteiger partial charge in [0.15, 0.2) is 6.29 Å². The Morgan fingerprint density at radius 1 is 1.21 bits per heavy atom. The Labute approximate surface area is 169 Å². The van der Waals surface area contributed by atoms with Crippen LogP contribution in [0.25, 0.3) is 0 Å². The molecule has 1 atom stereocenters. The van der Waals surface area contributed by atoms with Crippen molar-refractivity contribution >= 4 is 11.8 Å². The number of amides is 2. The van der Waals surface area contributed by atoms with Crippen LogP contribution in [-0.2, 0) is 19.1 Å². The highest BCUT2D eigenvalue weighted by Gasteiger charge is 2.36. The van der Waals surface area contributed by atoms with E-state index in [2.05, 4.69) is 5.32 Å². The fraction of sp³-hybridized carbons (Fsp3) is 0.810. The topological polar surface area (TPSA) is 93.9 Å². The average Bonchev–Trinajstić information content (AvgIpc) is 3.44. The van der Waals surface area contributed by atoms with E-state index in [9.17, 15) is 9.59 Å². The predicted octanol–water partition coefficient (Wildman–Crippen LogP) is 2.16. The van der Waals surface area contributed by atoms with Gasteiger partial charge >= 0.3 is 0 Å². The number of hydrogen-bond donors (Lipinski definition) is 2. The monoisotopic (exact) mass is 395 g/mol. The summed E-state index contributed by atoms with van der Waals surface area (Å²) >= 11 is 0. The minimum Gasteiger partial charge on any atom is -0.401 e. The molecule has 1 heterocycles. The standard InChI is InChI=1S/C21H37N3O4/c1-20(2,14-28-18-8-6-7-11-27-18)16(22)12-17(25)23-19(26)21(3,4)24(5)13-15-9-10-15/h12,15,18H,6-11,13-14,22H2,1-5H3,(H,23,25,26). The summed E-state index contributed by atoms with van der Waals surface area (Å²) in [6, 6.07) is 0. The quantitative estimate of drug-likeness (QED) is 0.581. The molecule has 0 radical (unpaired) electrons. The third-order valence-electron chi connectivity index (χ3n) is 5.81. The van der Waals surface area contributed by atoms with Gasteiger partial charge in [-0.2, -0.15) is 0 Å². The average molecular weight is 396 g/mol. The highest BCUT2D eigenvalue weighted by molar-refractivity contribution is 6.04. The summed E-state index contributed by atoms with van der Waals surface area (Å²) in [5, 5.41) is 2.46. The van der Waals surface area contributed by atoms with E-state index in [1.54, 1.807) is 0 Å². The molecule has 2 rings (SSSR count). The van der Waals surface area contributed by atoms with E-state index in [1.807, 2.05) is 39.6 Å². The van der Waals surface area contributed by atoms with Gasteiger partial charge in [-0.25, -0.2) is 0 Å². The van der Waals surface area contributed by atoms with Crippen LogP contribution in [0.15, 0.2) is 11.8 Å². The highest BCUT2D eigenvalue weighted by Crippen LogP contribution is 2.31. The van der Waals surface area contributed by atoms with E-state index >= 15 is 0 Å². The molecule has 1 saturated heterocycles. The Morgan fingerprint density at radius 2 is 1.89 bits per heavy atom. The van der Waals surface area contributed by atoms with E-state index in [1.165, 1.54) is 18.9 Å². The summed E-state index contributed by atoms with van der Waals surface area (Å²) in [6.45, 7) is 9.39. The number of carbonyl (C=O) groups excluding carboxylic acids is 2. The van der Waals surface area contributed by atoms with Crippen LogP contribution in [0.3, 0.4) is 0 Å². The van der Waals surface area contributed by atoms with E-state index in [-0.39, 0.29) is 12.2 Å². The smallest absolute Gasteiger partial charge is 0.252 e. The molecule has 7 nitrogen and oxygen atoms in total. The van der Waals surface area contributed by atoms with Crippen LogP contribution in [0.5, 0.6) is 0 Å². The molecule has 2 aliphatic rings. The molecular formula is C21H37N3O4. The Hall–Kier alpha value is -1.44. The van der Waals surface area contributed by atoms with Gasteiger partial charge < -0.3 is 15.2 Å². The molecule has 0 aromatic heterocycles. The highest BCUT2D eigenvalue weighted by atomic mass is 16.7. The first-order chi connectivity index (χ1) is 13.0. The second-order valence-corrected chi connectivity index (χ2v) is 9.29. The maximum absolute atomic E-state index is 12.6. The van der Waals surface area contributed by atoms with Crippen LogP contribution >= 0.6 is 0 Å². The normalized spacial score (nSPS) is 21.6. The maximum atomic E-state index is 12.6. The first-order valence-electron chi connectivity index (χ1n) is 10.3. The molecule has 0 bridgehead atoms. The zero-order valence-electron chi connectivity index (χ0n) is 18.0. The fourth-order valence-corrected chi connectivity index (χ4v) is 2.95. The molecular weight excluding hydrogens is 358 g/mol. The van der Waals surface area contributed by atoms with Crippen molar-refractivity contribution < 1.29 is 19.1 Å². The fourth-order valence-electron chi connectivity index (χ4n) is 2.95. The summed E-state index contributed by atoms with van der Waals surface area (Å²) in [7, 11) is 1.92. The minimum atomic E-state index is -0.766. The Kier molecular flexibility index (Phi) is 7.65. The number of carbonyl (C=O) groups is 2. The van der Waals surface area contributed by atoms with Crippen LogP contribution in [0, 0.1) is 11.3 Å². The number of hydrogen-bond acceptors (Lipinski definition) is 6. The van der Waals surface area contributed by atoms with Crippen LogP contribution in [0.2, 0.25) is 0 Å². The summed E-state index contributed by atoms with van der Waals surface area (Å²) in [4.78, 5) is 26.9. The largest absolute Gasteiger partial charge is 0.401 e. The molecule has 1 aliphatic heterocycles. The summed E-state index contributed by atoms with van der Waals surface area (Å²) in [6.07, 6.45) is 6.53. The summed E-state index contributed by atoms with van der Waals surface area (Å²) in [5.74, 6) is -0.163. The van der Waals surface area contributed by atoms with E-state index in [4.69, 9.17) is 15.2 Å². The van der Waals surface area contributed by atoms with E-state index in [0.29, 0.717) is 24.8 Å². The maximum Gasteiger partial charge on any atom is 0.252 e. The first kappa shape index (κ1) is 22.8. The van der Waals surface area contributed by atoms with Crippen LogP contribution in [0.1, 0.15) is 59.8 Å². The van der Waals surface area contributed by atoms with Gasteiger partial charge in [-0.3, -0.25) is 19.8 Å². The van der Waals surface area contributed by atoms with Crippen LogP contribution in [-0.4, -0.2) is 55.3 Å². The molecule has 7 heteroatoms. The second kappa shape index (κ2) is 9.37. The SMILES string of the molecule is CN(CC1CC1)C(C)(C)C(=O)NC(=O)C=C(N)C(C)(C)COC1CCCCO1. The van der Waals surface area contributed by atoms with Gasteiger partial charge in [0.25, 0.3) is 5.91 Å². The number of ether oxygens (including phenoxy) is 2. The number of imide groups is 1. The lowest BCUT2D eigenvalue weighted by atomic mass is 9.90. The second-order valence-electron chi connectivity index (χ2n) is 9.29. The zero-order valence-corrected chi connectivity index (χ0v) is 18.0. The molecule has 0 aromatic carbocycles. The molecule has 1 unspecified atom stereocenters. The Morgan fingerprint density at radius 3 is 2.46 bits per heavy atom. The van der Waals surface area contributed by atoms with Gasteiger partial charge in [0.1, 0.15) is 0 Å². The van der Waals surface area contributed by atoms with E-state index in [0.717, 1.165) is 25.8 Å². The molecule has 160 valence electrons. The van der Waals surface area contributed by atoms with Crippen molar-refractivity contribution in [3.05, 3.63) is 11.8 Å². The van der Waals surface area contributed by atoms with Gasteiger partial charge in [-0.05, 0) is 58.9 Å². The molecule has 28 heavy (non-hydrogen) atoms. The molecule has 2 amide bonds. The number of nitrogens with one attached hydrogen (secondary N) is 1. The molecule has 1 saturated carbocycles. The van der Waals surface area contributed by atoms with Crippen molar-refractivity contribution in [3.8, 4) is 0 Å². The predicted molar refractivity (Wildman–Crippen MR) is 108 cm³/mol. The number of nitrogens with zero attached hydrogens (tertiary/aromatic N) is 1. The van der Waals surface area contributed by atoms with Crippen molar-refractivity contribution in [2.45, 2.75) is 71.6 Å². The van der Waals surface area contributed by atoms with Gasteiger partial charge in [0.05, 0.1) is 12.1 Å². The van der Waals surface area contributed by atoms with Crippen molar-refractivity contribution in [1.29, 1.82) is 0 Å². The Bertz CT molecular complexity index is 590. The van der Waals surface area contributed by atoms with Crippen LogP contribution < -0.4 is 11.1 Å². The number of rotatable bonds is 9. The zero-order chi connectivity index (χ0) is 20.9. The molecule has 0 spiro atoms. The van der Waals surface area contributed by atoms with Gasteiger partial charge in [-0.1, -0.05) is 13.8 Å². The third-order valence-corrected chi connectivity index (χ3v) is 5.81. The number of likely N-dealkylation sites (N-methyl/N-ethyl adjacent to an activating group) is 1. The molecule has 2 fully saturated rings. The van der Waals surface area contributed by atoms with Crippen LogP contribution in [0.4, 0.5) is 0 Å². The first-order valence-corrected chi connectivity index (χ1v) is 10.3. The van der Waals surface area contributed by atoms with Crippen molar-refractivity contribution in [1.82, 2.24) is 10.2 Å². The molecule has 1 aliphatic carbocycles. The van der Waals surface area contributed by atoms with Crippen molar-refractivity contribution in [2.24, 2.45) is 17.1 Å². The minimum absolute atomic E-state index is 0.209. The molecule has 0 aromatic rings.